The Labute approximate surface area is 132 Å². The van der Waals surface area contributed by atoms with Gasteiger partial charge < -0.3 is 20.5 Å². The molecule has 21 heavy (non-hydrogen) atoms. The van der Waals surface area contributed by atoms with Crippen molar-refractivity contribution in [3.63, 3.8) is 0 Å². The fraction of sp³-hybridized carbons (Fsp3) is 0.231. The maximum Gasteiger partial charge on any atom is 0.191 e. The number of nitrogens with zero attached hydrogens (tertiary/aromatic N) is 2. The summed E-state index contributed by atoms with van der Waals surface area (Å²) in [5.41, 5.74) is 6.43. The normalized spacial score (nSPS) is 10.3. The zero-order valence-electron chi connectivity index (χ0n) is 11.8. The molecule has 0 saturated heterocycles. The van der Waals surface area contributed by atoms with Gasteiger partial charge >= 0.3 is 0 Å². The second-order valence-electron chi connectivity index (χ2n) is 3.98. The number of nitrogens with one attached hydrogen (secondary N) is 1. The molecule has 8 heteroatoms. The van der Waals surface area contributed by atoms with Crippen LogP contribution in [0.5, 0.6) is 11.5 Å². The van der Waals surface area contributed by atoms with Crippen LogP contribution in [0.15, 0.2) is 23.4 Å². The van der Waals surface area contributed by atoms with E-state index in [1.54, 1.807) is 32.4 Å². The summed E-state index contributed by atoms with van der Waals surface area (Å²) < 4.78 is 10.5. The molecule has 0 radical (unpaired) electrons. The van der Waals surface area contributed by atoms with E-state index in [4.69, 9.17) is 26.8 Å². The number of rotatable bonds is 5. The van der Waals surface area contributed by atoms with Crippen molar-refractivity contribution < 1.29 is 9.47 Å². The summed E-state index contributed by atoms with van der Waals surface area (Å²) in [5, 5.41) is 4.18. The van der Waals surface area contributed by atoms with Gasteiger partial charge in [-0.25, -0.2) is 9.97 Å². The first kappa shape index (κ1) is 15.5. The number of anilines is 3. The first-order chi connectivity index (χ1) is 10.1. The number of halogens is 1. The highest BCUT2D eigenvalue weighted by Gasteiger charge is 2.11. The Balaban J connectivity index is 2.40. The minimum atomic E-state index is 0.386. The second kappa shape index (κ2) is 6.73. The third kappa shape index (κ3) is 3.62. The average molecular weight is 327 g/mol. The summed E-state index contributed by atoms with van der Waals surface area (Å²) in [4.78, 5) is 8.43. The van der Waals surface area contributed by atoms with Crippen molar-refractivity contribution in [1.82, 2.24) is 9.97 Å². The topological polar surface area (TPSA) is 82.3 Å². The molecule has 2 rings (SSSR count). The molecule has 0 fully saturated rings. The van der Waals surface area contributed by atoms with Crippen LogP contribution < -0.4 is 20.5 Å². The summed E-state index contributed by atoms with van der Waals surface area (Å²) in [7, 11) is 3.11. The van der Waals surface area contributed by atoms with E-state index in [0.29, 0.717) is 39.0 Å². The quantitative estimate of drug-likeness (QED) is 0.645. The molecule has 3 N–H and O–H groups in total. The Morgan fingerprint density at radius 1 is 1.14 bits per heavy atom. The minimum Gasteiger partial charge on any atom is -0.495 e. The molecular weight excluding hydrogens is 312 g/mol. The van der Waals surface area contributed by atoms with E-state index < -0.39 is 0 Å². The van der Waals surface area contributed by atoms with Crippen molar-refractivity contribution in [2.45, 2.75) is 5.16 Å². The van der Waals surface area contributed by atoms with Gasteiger partial charge in [0.15, 0.2) is 5.16 Å². The third-order valence-electron chi connectivity index (χ3n) is 2.64. The van der Waals surface area contributed by atoms with Crippen molar-refractivity contribution in [2.24, 2.45) is 0 Å². The van der Waals surface area contributed by atoms with Gasteiger partial charge in [0.1, 0.15) is 23.1 Å². The van der Waals surface area contributed by atoms with Crippen LogP contribution in [-0.2, 0) is 0 Å². The highest BCUT2D eigenvalue weighted by Crippen LogP contribution is 2.37. The van der Waals surface area contributed by atoms with Crippen LogP contribution in [0.3, 0.4) is 0 Å². The van der Waals surface area contributed by atoms with Crippen molar-refractivity contribution in [3.05, 3.63) is 23.2 Å². The van der Waals surface area contributed by atoms with E-state index in [1.165, 1.54) is 11.8 Å². The molecule has 0 saturated carbocycles. The van der Waals surface area contributed by atoms with Gasteiger partial charge in [-0.05, 0) is 6.26 Å². The number of thioether (sulfide) groups is 1. The first-order valence-corrected chi connectivity index (χ1v) is 7.54. The van der Waals surface area contributed by atoms with Gasteiger partial charge in [0.2, 0.25) is 0 Å². The van der Waals surface area contributed by atoms with Crippen LogP contribution in [0.2, 0.25) is 5.02 Å². The molecule has 0 aliphatic carbocycles. The third-order valence-corrected chi connectivity index (χ3v) is 3.49. The van der Waals surface area contributed by atoms with E-state index in [9.17, 15) is 0 Å². The SMILES string of the molecule is COc1cc(Nc2cc(N)nc(SC)n2)c(OC)cc1Cl. The average Bonchev–Trinajstić information content (AvgIpc) is 2.47. The predicted octanol–water partition coefficient (Wildman–Crippen LogP) is 3.19. The van der Waals surface area contributed by atoms with E-state index in [1.807, 2.05) is 6.26 Å². The van der Waals surface area contributed by atoms with E-state index in [-0.39, 0.29) is 0 Å². The van der Waals surface area contributed by atoms with Crippen LogP contribution in [-0.4, -0.2) is 30.4 Å². The summed E-state index contributed by atoms with van der Waals surface area (Å²) in [6.45, 7) is 0. The maximum absolute atomic E-state index is 6.07. The number of ether oxygens (including phenoxy) is 2. The molecule has 0 aliphatic rings. The lowest BCUT2D eigenvalue weighted by molar-refractivity contribution is 0.405. The second-order valence-corrected chi connectivity index (χ2v) is 5.16. The number of nitrogen functional groups attached to an aromatic ring is 1. The van der Waals surface area contributed by atoms with Gasteiger partial charge in [0, 0.05) is 18.2 Å². The van der Waals surface area contributed by atoms with Crippen LogP contribution in [0.1, 0.15) is 0 Å². The van der Waals surface area contributed by atoms with Crippen molar-refractivity contribution in [1.29, 1.82) is 0 Å². The molecule has 0 bridgehead atoms. The van der Waals surface area contributed by atoms with Crippen molar-refractivity contribution in [2.75, 3.05) is 31.5 Å². The molecule has 112 valence electrons. The molecule has 6 nitrogen and oxygen atoms in total. The molecule has 0 amide bonds. The minimum absolute atomic E-state index is 0.386. The lowest BCUT2D eigenvalue weighted by Gasteiger charge is -2.14. The van der Waals surface area contributed by atoms with Crippen LogP contribution >= 0.6 is 23.4 Å². The summed E-state index contributed by atoms with van der Waals surface area (Å²) in [5.74, 6) is 2.06. The van der Waals surface area contributed by atoms with Crippen LogP contribution in [0.4, 0.5) is 17.3 Å². The van der Waals surface area contributed by atoms with E-state index >= 15 is 0 Å². The molecule has 0 aliphatic heterocycles. The van der Waals surface area contributed by atoms with Gasteiger partial charge in [0.25, 0.3) is 0 Å². The Morgan fingerprint density at radius 3 is 2.48 bits per heavy atom. The fourth-order valence-corrected chi connectivity index (χ4v) is 2.31. The van der Waals surface area contributed by atoms with E-state index in [2.05, 4.69) is 15.3 Å². The molecule has 1 aromatic heterocycles. The van der Waals surface area contributed by atoms with Gasteiger partial charge in [0.05, 0.1) is 24.9 Å². The Morgan fingerprint density at radius 2 is 1.86 bits per heavy atom. The highest BCUT2D eigenvalue weighted by atomic mass is 35.5. The summed E-state index contributed by atoms with van der Waals surface area (Å²) >= 11 is 7.48. The maximum atomic E-state index is 6.07. The number of benzene rings is 1. The smallest absolute Gasteiger partial charge is 0.191 e. The van der Waals surface area contributed by atoms with Crippen LogP contribution in [0, 0.1) is 0 Å². The number of hydrogen-bond donors (Lipinski definition) is 2. The Bertz CT molecular complexity index is 654. The number of methoxy groups -OCH3 is 2. The monoisotopic (exact) mass is 326 g/mol. The lowest BCUT2D eigenvalue weighted by atomic mass is 10.2. The highest BCUT2D eigenvalue weighted by molar-refractivity contribution is 7.98. The Kier molecular flexibility index (Phi) is 4.98. The van der Waals surface area contributed by atoms with Gasteiger partial charge in [-0.2, -0.15) is 0 Å². The molecular formula is C13H15ClN4O2S. The number of aromatic nitrogens is 2. The number of nitrogens with two attached hydrogens (primary N) is 1. The predicted molar refractivity (Wildman–Crippen MR) is 86.1 cm³/mol. The van der Waals surface area contributed by atoms with Gasteiger partial charge in [-0.15, -0.1) is 0 Å². The molecule has 2 aromatic rings. The van der Waals surface area contributed by atoms with Gasteiger partial charge in [-0.3, -0.25) is 0 Å². The van der Waals surface area contributed by atoms with E-state index in [0.717, 1.165) is 0 Å². The number of hydrogen-bond acceptors (Lipinski definition) is 7. The lowest BCUT2D eigenvalue weighted by Crippen LogP contribution is -2.02. The first-order valence-electron chi connectivity index (χ1n) is 5.94. The van der Waals surface area contributed by atoms with Crippen molar-refractivity contribution in [3.8, 4) is 11.5 Å². The zero-order valence-corrected chi connectivity index (χ0v) is 13.4. The molecule has 0 atom stereocenters. The largest absolute Gasteiger partial charge is 0.495 e. The molecule has 1 aromatic carbocycles. The Hall–Kier alpha value is -1.86. The molecule has 1 heterocycles. The van der Waals surface area contributed by atoms with Crippen molar-refractivity contribution >= 4 is 40.7 Å². The zero-order chi connectivity index (χ0) is 15.4. The fourth-order valence-electron chi connectivity index (χ4n) is 1.69. The molecule has 0 unspecified atom stereocenters. The standard InChI is InChI=1S/C13H15ClN4O2S/c1-19-9-5-8(10(20-2)4-7(9)14)16-12-6-11(15)17-13(18-12)21-3/h4-6H,1-3H3,(H3,15,16,17,18). The summed E-state index contributed by atoms with van der Waals surface area (Å²) in [6.07, 6.45) is 1.88. The van der Waals surface area contributed by atoms with Crippen LogP contribution in [0.25, 0.3) is 0 Å². The summed E-state index contributed by atoms with van der Waals surface area (Å²) in [6, 6.07) is 5.04. The molecule has 0 spiro atoms. The van der Waals surface area contributed by atoms with Gasteiger partial charge in [-0.1, -0.05) is 23.4 Å².